The van der Waals surface area contributed by atoms with E-state index in [-0.39, 0.29) is 5.91 Å². The highest BCUT2D eigenvalue weighted by Crippen LogP contribution is 2.16. The van der Waals surface area contributed by atoms with Gasteiger partial charge in [0, 0.05) is 19.5 Å². The monoisotopic (exact) mass is 153 g/mol. The van der Waals surface area contributed by atoms with Gasteiger partial charge < -0.3 is 4.90 Å². The van der Waals surface area contributed by atoms with Crippen molar-refractivity contribution in [3.05, 3.63) is 11.6 Å². The lowest BCUT2D eigenvalue weighted by Crippen LogP contribution is -2.39. The Morgan fingerprint density at radius 2 is 2.36 bits per heavy atom. The van der Waals surface area contributed by atoms with Gasteiger partial charge in [-0.2, -0.15) is 0 Å². The van der Waals surface area contributed by atoms with E-state index in [1.807, 2.05) is 4.90 Å². The molecule has 1 rings (SSSR count). The summed E-state index contributed by atoms with van der Waals surface area (Å²) in [6.07, 6.45) is 3.15. The second kappa shape index (κ2) is 3.07. The van der Waals surface area contributed by atoms with Gasteiger partial charge >= 0.3 is 0 Å². The van der Waals surface area contributed by atoms with Gasteiger partial charge in [-0.15, -0.1) is 0 Å². The summed E-state index contributed by atoms with van der Waals surface area (Å²) in [6.45, 7) is 6.64. The molecular weight excluding hydrogens is 138 g/mol. The van der Waals surface area contributed by atoms with Crippen LogP contribution < -0.4 is 0 Å². The van der Waals surface area contributed by atoms with Crippen molar-refractivity contribution in [3.8, 4) is 0 Å². The maximum absolute atomic E-state index is 11.0. The summed E-state index contributed by atoms with van der Waals surface area (Å²) in [5, 5.41) is 0. The van der Waals surface area contributed by atoms with Crippen molar-refractivity contribution in [3.63, 3.8) is 0 Å². The van der Waals surface area contributed by atoms with Crippen LogP contribution in [-0.4, -0.2) is 23.4 Å². The molecule has 1 amide bonds. The third-order valence-corrected chi connectivity index (χ3v) is 2.19. The van der Waals surface area contributed by atoms with E-state index in [2.05, 4.69) is 19.9 Å². The van der Waals surface area contributed by atoms with Gasteiger partial charge in [-0.05, 0) is 20.3 Å². The van der Waals surface area contributed by atoms with Crippen LogP contribution in [0.15, 0.2) is 11.6 Å². The van der Waals surface area contributed by atoms with Crippen LogP contribution in [-0.2, 0) is 4.79 Å². The largest absolute Gasteiger partial charge is 0.336 e. The maximum Gasteiger partial charge on any atom is 0.219 e. The molecule has 0 fully saturated rings. The molecule has 0 aromatic heterocycles. The summed E-state index contributed by atoms with van der Waals surface area (Å²) in [5.74, 6) is 0.182. The highest BCUT2D eigenvalue weighted by atomic mass is 16.2. The van der Waals surface area contributed by atoms with Crippen molar-refractivity contribution >= 4 is 5.91 Å². The second-order valence-electron chi connectivity index (χ2n) is 3.28. The SMILES string of the molecule is CC(=O)N1CC=C(C)C[C@H]1C. The van der Waals surface area contributed by atoms with Gasteiger partial charge in [-0.1, -0.05) is 11.6 Å². The number of nitrogens with zero attached hydrogens (tertiary/aromatic N) is 1. The Balaban J connectivity index is 2.65. The number of hydrogen-bond acceptors (Lipinski definition) is 1. The van der Waals surface area contributed by atoms with Gasteiger partial charge in [0.05, 0.1) is 0 Å². The van der Waals surface area contributed by atoms with Gasteiger partial charge in [-0.25, -0.2) is 0 Å². The highest BCUT2D eigenvalue weighted by molar-refractivity contribution is 5.74. The zero-order chi connectivity index (χ0) is 8.43. The first kappa shape index (κ1) is 8.31. The van der Waals surface area contributed by atoms with Gasteiger partial charge in [0.1, 0.15) is 0 Å². The van der Waals surface area contributed by atoms with Crippen LogP contribution >= 0.6 is 0 Å². The molecular formula is C9H15NO. The van der Waals surface area contributed by atoms with E-state index in [1.54, 1.807) is 6.92 Å². The van der Waals surface area contributed by atoms with Crippen molar-refractivity contribution in [1.82, 2.24) is 4.90 Å². The minimum Gasteiger partial charge on any atom is -0.336 e. The zero-order valence-electron chi connectivity index (χ0n) is 7.42. The van der Waals surface area contributed by atoms with E-state index < -0.39 is 0 Å². The molecule has 0 aromatic carbocycles. The molecule has 0 unspecified atom stereocenters. The van der Waals surface area contributed by atoms with Crippen LogP contribution in [0.4, 0.5) is 0 Å². The molecule has 1 atom stereocenters. The van der Waals surface area contributed by atoms with E-state index in [0.29, 0.717) is 6.04 Å². The van der Waals surface area contributed by atoms with Gasteiger partial charge in [0.2, 0.25) is 5.91 Å². The predicted molar refractivity (Wildman–Crippen MR) is 45.2 cm³/mol. The fraction of sp³-hybridized carbons (Fsp3) is 0.667. The first-order valence-corrected chi connectivity index (χ1v) is 4.04. The summed E-state index contributed by atoms with van der Waals surface area (Å²) in [7, 11) is 0. The number of hydrogen-bond donors (Lipinski definition) is 0. The van der Waals surface area contributed by atoms with Crippen LogP contribution in [0.5, 0.6) is 0 Å². The number of rotatable bonds is 0. The third kappa shape index (κ3) is 1.82. The minimum atomic E-state index is 0.182. The average molecular weight is 153 g/mol. The quantitative estimate of drug-likeness (QED) is 0.484. The molecule has 2 heteroatoms. The Kier molecular flexibility index (Phi) is 2.32. The molecule has 1 aliphatic rings. The third-order valence-electron chi connectivity index (χ3n) is 2.19. The Hall–Kier alpha value is -0.790. The molecule has 0 N–H and O–H groups in total. The number of carbonyl (C=O) groups is 1. The molecule has 0 saturated heterocycles. The number of amides is 1. The van der Waals surface area contributed by atoms with Crippen LogP contribution in [0, 0.1) is 0 Å². The topological polar surface area (TPSA) is 20.3 Å². The molecule has 62 valence electrons. The lowest BCUT2D eigenvalue weighted by molar-refractivity contribution is -0.130. The first-order chi connectivity index (χ1) is 5.11. The minimum absolute atomic E-state index is 0.182. The predicted octanol–water partition coefficient (Wildman–Crippen LogP) is 1.57. The van der Waals surface area contributed by atoms with Crippen molar-refractivity contribution in [2.45, 2.75) is 33.2 Å². The van der Waals surface area contributed by atoms with Gasteiger partial charge in [-0.3, -0.25) is 4.79 Å². The molecule has 0 bridgehead atoms. The smallest absolute Gasteiger partial charge is 0.219 e. The van der Waals surface area contributed by atoms with Crippen molar-refractivity contribution < 1.29 is 4.79 Å². The van der Waals surface area contributed by atoms with E-state index >= 15 is 0 Å². The molecule has 2 nitrogen and oxygen atoms in total. The van der Waals surface area contributed by atoms with Crippen molar-refractivity contribution in [2.75, 3.05) is 6.54 Å². The Morgan fingerprint density at radius 1 is 1.73 bits per heavy atom. The zero-order valence-corrected chi connectivity index (χ0v) is 7.42. The van der Waals surface area contributed by atoms with E-state index in [0.717, 1.165) is 13.0 Å². The summed E-state index contributed by atoms with van der Waals surface area (Å²) in [5.41, 5.74) is 1.40. The number of carbonyl (C=O) groups excluding carboxylic acids is 1. The first-order valence-electron chi connectivity index (χ1n) is 4.04. The summed E-state index contributed by atoms with van der Waals surface area (Å²) in [4.78, 5) is 12.9. The van der Waals surface area contributed by atoms with Gasteiger partial charge in [0.25, 0.3) is 0 Å². The molecule has 0 saturated carbocycles. The maximum atomic E-state index is 11.0. The van der Waals surface area contributed by atoms with Gasteiger partial charge in [0.15, 0.2) is 0 Å². The van der Waals surface area contributed by atoms with Crippen molar-refractivity contribution in [1.29, 1.82) is 0 Å². The standard InChI is InChI=1S/C9H15NO/c1-7-4-5-10(9(3)11)8(2)6-7/h4,8H,5-6H2,1-3H3/t8-/m1/s1. The second-order valence-corrected chi connectivity index (χ2v) is 3.28. The average Bonchev–Trinajstić information content (AvgIpc) is 1.85. The molecule has 1 aliphatic heterocycles. The fourth-order valence-electron chi connectivity index (χ4n) is 1.53. The Bertz CT molecular complexity index is 196. The lowest BCUT2D eigenvalue weighted by Gasteiger charge is -2.31. The Morgan fingerprint density at radius 3 is 2.82 bits per heavy atom. The molecule has 1 heterocycles. The Labute approximate surface area is 67.9 Å². The van der Waals surface area contributed by atoms with E-state index in [9.17, 15) is 4.79 Å². The fourth-order valence-corrected chi connectivity index (χ4v) is 1.53. The van der Waals surface area contributed by atoms with Crippen LogP contribution in [0.1, 0.15) is 27.2 Å². The highest BCUT2D eigenvalue weighted by Gasteiger charge is 2.18. The van der Waals surface area contributed by atoms with Crippen LogP contribution in [0.3, 0.4) is 0 Å². The lowest BCUT2D eigenvalue weighted by atomic mass is 10.0. The van der Waals surface area contributed by atoms with Crippen LogP contribution in [0.2, 0.25) is 0 Å². The molecule has 0 aliphatic carbocycles. The summed E-state index contributed by atoms with van der Waals surface area (Å²) < 4.78 is 0. The molecule has 11 heavy (non-hydrogen) atoms. The van der Waals surface area contributed by atoms with Crippen LogP contribution in [0.25, 0.3) is 0 Å². The molecule has 0 aromatic rings. The van der Waals surface area contributed by atoms with E-state index in [4.69, 9.17) is 0 Å². The molecule has 0 radical (unpaired) electrons. The summed E-state index contributed by atoms with van der Waals surface area (Å²) >= 11 is 0. The van der Waals surface area contributed by atoms with Crippen molar-refractivity contribution in [2.24, 2.45) is 0 Å². The molecule has 0 spiro atoms. The normalized spacial score (nSPS) is 24.8. The van der Waals surface area contributed by atoms with E-state index in [1.165, 1.54) is 5.57 Å². The summed E-state index contributed by atoms with van der Waals surface area (Å²) in [6, 6.07) is 0.387.